The minimum Gasteiger partial charge on any atom is -0.491 e. The predicted octanol–water partition coefficient (Wildman–Crippen LogP) is 13.1. The summed E-state index contributed by atoms with van der Waals surface area (Å²) in [5.74, 6) is 1.67. The standard InChI is InChI=1S/C44H52N2O4S4/c1-7-9-11-13-15-17-23-49-39-29-25-28(4)52-41(29)40(50-24-18-16-14-12-10-8-2)30-26-34(54-42(30)39)31-21-22-33(53-31)38-36-35(43(47)46(38)6)37(45(5)44(36)48)32-20-19-27(3)51-32/h19-22,25-26H,7-18,23-24H2,1-6H3. The van der Waals surface area contributed by atoms with Crippen molar-refractivity contribution in [1.29, 1.82) is 0 Å². The molecule has 2 aliphatic heterocycles. The third-order valence-corrected chi connectivity index (χ3v) is 14.9. The van der Waals surface area contributed by atoms with Crippen molar-refractivity contribution in [2.75, 3.05) is 27.3 Å². The summed E-state index contributed by atoms with van der Waals surface area (Å²) in [6.07, 6.45) is 14.6. The van der Waals surface area contributed by atoms with E-state index < -0.39 is 0 Å². The number of rotatable bonds is 19. The summed E-state index contributed by atoms with van der Waals surface area (Å²) in [7, 11) is 3.56. The number of benzene rings is 1. The van der Waals surface area contributed by atoms with Gasteiger partial charge in [-0.05, 0) is 63.1 Å². The van der Waals surface area contributed by atoms with Crippen LogP contribution in [0.3, 0.4) is 0 Å². The summed E-state index contributed by atoms with van der Waals surface area (Å²) in [5.41, 5.74) is 2.41. The first-order valence-electron chi connectivity index (χ1n) is 19.7. The lowest BCUT2D eigenvalue weighted by Crippen LogP contribution is -2.24. The Kier molecular flexibility index (Phi) is 12.3. The molecule has 1 aromatic carbocycles. The molecule has 2 aliphatic rings. The van der Waals surface area contributed by atoms with Gasteiger partial charge in [0.15, 0.2) is 0 Å². The third-order valence-electron chi connectivity index (χ3n) is 10.5. The van der Waals surface area contributed by atoms with E-state index in [0.717, 1.165) is 68.9 Å². The summed E-state index contributed by atoms with van der Waals surface area (Å²) in [4.78, 5) is 37.4. The fourth-order valence-corrected chi connectivity index (χ4v) is 11.9. The van der Waals surface area contributed by atoms with Crippen LogP contribution in [0, 0.1) is 13.8 Å². The van der Waals surface area contributed by atoms with Crippen LogP contribution < -0.4 is 9.47 Å². The second-order valence-electron chi connectivity index (χ2n) is 14.6. The van der Waals surface area contributed by atoms with Crippen molar-refractivity contribution in [2.45, 2.75) is 105 Å². The van der Waals surface area contributed by atoms with Crippen molar-refractivity contribution < 1.29 is 19.1 Å². The second kappa shape index (κ2) is 17.1. The maximum Gasteiger partial charge on any atom is 0.261 e. The van der Waals surface area contributed by atoms with Crippen LogP contribution in [0.2, 0.25) is 0 Å². The molecule has 0 radical (unpaired) electrons. The highest BCUT2D eigenvalue weighted by Gasteiger charge is 2.47. The summed E-state index contributed by atoms with van der Waals surface area (Å²) < 4.78 is 15.8. The molecule has 4 aromatic heterocycles. The highest BCUT2D eigenvalue weighted by Crippen LogP contribution is 2.53. The molecular weight excluding hydrogens is 749 g/mol. The number of nitrogens with zero attached hydrogens (tertiary/aromatic N) is 2. The molecule has 7 rings (SSSR count). The van der Waals surface area contributed by atoms with Gasteiger partial charge in [-0.25, -0.2) is 0 Å². The van der Waals surface area contributed by atoms with Gasteiger partial charge in [0.05, 0.1) is 54.9 Å². The largest absolute Gasteiger partial charge is 0.491 e. The number of fused-ring (bicyclic) bond motifs is 3. The smallest absolute Gasteiger partial charge is 0.261 e. The van der Waals surface area contributed by atoms with Crippen LogP contribution >= 0.6 is 45.3 Å². The molecule has 10 heteroatoms. The van der Waals surface area contributed by atoms with Crippen LogP contribution in [0.15, 0.2) is 47.5 Å². The van der Waals surface area contributed by atoms with Gasteiger partial charge in [0.1, 0.15) is 11.5 Å². The molecule has 0 bridgehead atoms. The lowest BCUT2D eigenvalue weighted by atomic mass is 10.1. The van der Waals surface area contributed by atoms with Crippen molar-refractivity contribution in [3.63, 3.8) is 0 Å². The van der Waals surface area contributed by atoms with E-state index in [9.17, 15) is 9.59 Å². The quantitative estimate of drug-likeness (QED) is 0.0781. The lowest BCUT2D eigenvalue weighted by molar-refractivity contribution is -0.123. The van der Waals surface area contributed by atoms with E-state index >= 15 is 0 Å². The Balaban J connectivity index is 1.24. The van der Waals surface area contributed by atoms with E-state index in [-0.39, 0.29) is 11.8 Å². The number of hydrogen-bond donors (Lipinski definition) is 0. The highest BCUT2D eigenvalue weighted by atomic mass is 32.1. The molecule has 2 amide bonds. The number of likely N-dealkylation sites (N-methyl/N-ethyl adjacent to an activating group) is 2. The zero-order chi connectivity index (χ0) is 37.9. The topological polar surface area (TPSA) is 59.1 Å². The zero-order valence-corrected chi connectivity index (χ0v) is 35.8. The lowest BCUT2D eigenvalue weighted by Gasteiger charge is -2.18. The maximum atomic E-state index is 13.8. The first-order valence-corrected chi connectivity index (χ1v) is 23.0. The summed E-state index contributed by atoms with van der Waals surface area (Å²) in [5, 5.41) is 2.25. The van der Waals surface area contributed by atoms with Crippen molar-refractivity contribution in [3.8, 4) is 21.3 Å². The molecule has 0 atom stereocenters. The Bertz CT molecular complexity index is 2160. The molecule has 286 valence electrons. The second-order valence-corrected chi connectivity index (χ2v) is 19.3. The fourth-order valence-electron chi connectivity index (χ4n) is 7.61. The minimum atomic E-state index is -0.134. The molecule has 6 nitrogen and oxygen atoms in total. The van der Waals surface area contributed by atoms with E-state index in [1.807, 2.05) is 19.1 Å². The van der Waals surface area contributed by atoms with Crippen molar-refractivity contribution in [3.05, 3.63) is 67.1 Å². The average molecular weight is 801 g/mol. The first-order chi connectivity index (χ1) is 26.2. The molecule has 0 saturated carbocycles. The molecule has 0 N–H and O–H groups in total. The zero-order valence-electron chi connectivity index (χ0n) is 32.5. The van der Waals surface area contributed by atoms with Gasteiger partial charge >= 0.3 is 0 Å². The third kappa shape index (κ3) is 7.56. The normalized spacial score (nSPS) is 14.6. The molecule has 54 heavy (non-hydrogen) atoms. The van der Waals surface area contributed by atoms with Crippen LogP contribution in [-0.2, 0) is 9.59 Å². The van der Waals surface area contributed by atoms with Crippen LogP contribution in [0.4, 0.5) is 0 Å². The Labute approximate surface area is 336 Å². The van der Waals surface area contributed by atoms with E-state index in [4.69, 9.17) is 9.47 Å². The Morgan fingerprint density at radius 1 is 0.519 bits per heavy atom. The summed E-state index contributed by atoms with van der Waals surface area (Å²) in [6, 6.07) is 12.8. The number of unbranched alkanes of at least 4 members (excludes halogenated alkanes) is 10. The fraction of sp³-hybridized carbons (Fsp3) is 0.455. The molecule has 0 spiro atoms. The van der Waals surface area contributed by atoms with E-state index in [1.54, 1.807) is 69.2 Å². The van der Waals surface area contributed by atoms with Crippen LogP contribution in [0.1, 0.15) is 110 Å². The van der Waals surface area contributed by atoms with Gasteiger partial charge in [0, 0.05) is 44.4 Å². The molecule has 0 saturated heterocycles. The highest BCUT2D eigenvalue weighted by molar-refractivity contribution is 7.27. The molecule has 5 aromatic rings. The van der Waals surface area contributed by atoms with E-state index in [0.29, 0.717) is 35.8 Å². The van der Waals surface area contributed by atoms with Gasteiger partial charge in [-0.2, -0.15) is 0 Å². The van der Waals surface area contributed by atoms with Gasteiger partial charge in [-0.1, -0.05) is 78.1 Å². The molecule has 6 heterocycles. The maximum absolute atomic E-state index is 13.8. The number of carbonyl (C=O) groups is 2. The minimum absolute atomic E-state index is 0.134. The van der Waals surface area contributed by atoms with E-state index in [1.165, 1.54) is 69.1 Å². The molecule has 0 unspecified atom stereocenters. The average Bonchev–Trinajstić information content (AvgIpc) is 4.02. The van der Waals surface area contributed by atoms with Crippen molar-refractivity contribution in [1.82, 2.24) is 9.80 Å². The molecule has 0 aliphatic carbocycles. The van der Waals surface area contributed by atoms with E-state index in [2.05, 4.69) is 45.0 Å². The van der Waals surface area contributed by atoms with Gasteiger partial charge in [0.25, 0.3) is 11.8 Å². The Hall–Kier alpha value is -3.44. The SMILES string of the molecule is CCCCCCCCOc1c2cc(-c3ccc(C4=C5C(=O)N(C)C(c6ccc(C)s6)=C5C(=O)N4C)s3)sc2c(OCCCCCCCC)c2cc(C)sc12. The van der Waals surface area contributed by atoms with Crippen LogP contribution in [-0.4, -0.2) is 48.9 Å². The van der Waals surface area contributed by atoms with Crippen molar-refractivity contribution >= 4 is 88.7 Å². The number of thiophene rings is 4. The Morgan fingerprint density at radius 3 is 1.56 bits per heavy atom. The van der Waals surface area contributed by atoms with Crippen LogP contribution in [0.5, 0.6) is 11.5 Å². The van der Waals surface area contributed by atoms with Gasteiger partial charge in [-0.3, -0.25) is 9.59 Å². The number of ether oxygens (including phenoxy) is 2. The number of carbonyl (C=O) groups excluding carboxylic acids is 2. The van der Waals surface area contributed by atoms with Gasteiger partial charge in [-0.15, -0.1) is 45.3 Å². The van der Waals surface area contributed by atoms with Crippen molar-refractivity contribution in [2.24, 2.45) is 0 Å². The molecule has 0 fully saturated rings. The monoisotopic (exact) mass is 800 g/mol. The number of amides is 2. The first kappa shape index (κ1) is 38.8. The predicted molar refractivity (Wildman–Crippen MR) is 231 cm³/mol. The number of hydrogen-bond acceptors (Lipinski definition) is 8. The van der Waals surface area contributed by atoms with Crippen LogP contribution in [0.25, 0.3) is 41.3 Å². The number of aryl methyl sites for hydroxylation is 2. The van der Waals surface area contributed by atoms with Gasteiger partial charge < -0.3 is 19.3 Å². The summed E-state index contributed by atoms with van der Waals surface area (Å²) >= 11 is 6.78. The Morgan fingerprint density at radius 2 is 1.00 bits per heavy atom. The van der Waals surface area contributed by atoms with Gasteiger partial charge in [0.2, 0.25) is 0 Å². The molecular formula is C44H52N2O4S4. The summed E-state index contributed by atoms with van der Waals surface area (Å²) in [6.45, 7) is 10.1.